The summed E-state index contributed by atoms with van der Waals surface area (Å²) in [6.45, 7) is 0. The number of carbonyl (C=O) groups is 1. The van der Waals surface area contributed by atoms with Gasteiger partial charge in [0.2, 0.25) is 17.8 Å². The highest BCUT2D eigenvalue weighted by Crippen LogP contribution is 2.41. The van der Waals surface area contributed by atoms with E-state index < -0.39 is 41.5 Å². The van der Waals surface area contributed by atoms with Crippen LogP contribution in [0, 0.1) is 23.7 Å². The molecule has 1 aromatic heterocycles. The van der Waals surface area contributed by atoms with Crippen LogP contribution in [0.15, 0.2) is 12.1 Å². The van der Waals surface area contributed by atoms with Gasteiger partial charge in [0.1, 0.15) is 0 Å². The minimum absolute atomic E-state index is 0.0895. The van der Waals surface area contributed by atoms with E-state index >= 15 is 0 Å². The summed E-state index contributed by atoms with van der Waals surface area (Å²) in [5, 5.41) is 2.07. The van der Waals surface area contributed by atoms with Gasteiger partial charge >= 0.3 is 6.18 Å². The van der Waals surface area contributed by atoms with Gasteiger partial charge in [-0.05, 0) is 25.0 Å². The molecule has 3 nitrogen and oxygen atoms in total. The first-order valence-corrected chi connectivity index (χ1v) is 6.48. The average Bonchev–Trinajstić information content (AvgIpc) is 2.41. The van der Waals surface area contributed by atoms with Gasteiger partial charge in [-0.3, -0.25) is 4.79 Å². The maximum atomic E-state index is 13.3. The second kappa shape index (κ2) is 5.95. The molecule has 2 unspecified atom stereocenters. The summed E-state index contributed by atoms with van der Waals surface area (Å²) in [6.07, 6.45) is -3.59. The molecule has 0 aromatic carbocycles. The van der Waals surface area contributed by atoms with Crippen molar-refractivity contribution in [3.8, 4) is 0 Å². The largest absolute Gasteiger partial charge is 0.392 e. The molecule has 0 radical (unpaired) electrons. The predicted molar refractivity (Wildman–Crippen MR) is 64.3 cm³/mol. The first-order valence-electron chi connectivity index (χ1n) is 6.48. The van der Waals surface area contributed by atoms with Crippen molar-refractivity contribution in [2.75, 3.05) is 5.32 Å². The first-order chi connectivity index (χ1) is 9.79. The lowest BCUT2D eigenvalue weighted by Crippen LogP contribution is -2.39. The SMILES string of the molecule is O=C(Nc1ccc(F)nc1F)C1CCCCC1C(F)(F)F. The highest BCUT2D eigenvalue weighted by atomic mass is 19.4. The number of hydrogen-bond acceptors (Lipinski definition) is 2. The second-order valence-electron chi connectivity index (χ2n) is 5.00. The lowest BCUT2D eigenvalue weighted by atomic mass is 9.78. The molecule has 1 fully saturated rings. The molecule has 116 valence electrons. The molecule has 1 saturated carbocycles. The molecule has 1 aliphatic carbocycles. The molecule has 21 heavy (non-hydrogen) atoms. The van der Waals surface area contributed by atoms with E-state index in [1.165, 1.54) is 0 Å². The van der Waals surface area contributed by atoms with Crippen molar-refractivity contribution < 1.29 is 26.7 Å². The van der Waals surface area contributed by atoms with Gasteiger partial charge in [0.15, 0.2) is 0 Å². The van der Waals surface area contributed by atoms with Gasteiger partial charge in [-0.1, -0.05) is 12.8 Å². The van der Waals surface area contributed by atoms with E-state index in [4.69, 9.17) is 0 Å². The Kier molecular flexibility index (Phi) is 4.43. The highest BCUT2D eigenvalue weighted by Gasteiger charge is 2.48. The van der Waals surface area contributed by atoms with Crippen LogP contribution in [0.3, 0.4) is 0 Å². The van der Waals surface area contributed by atoms with Crippen LogP contribution < -0.4 is 5.32 Å². The number of anilines is 1. The number of halogens is 5. The third-order valence-corrected chi connectivity index (χ3v) is 3.60. The topological polar surface area (TPSA) is 42.0 Å². The van der Waals surface area contributed by atoms with Crippen LogP contribution in [0.2, 0.25) is 0 Å². The molecular weight excluding hydrogens is 295 g/mol. The molecule has 1 aliphatic rings. The summed E-state index contributed by atoms with van der Waals surface area (Å²) in [7, 11) is 0. The number of aromatic nitrogens is 1. The summed E-state index contributed by atoms with van der Waals surface area (Å²) in [5.74, 6) is -6.24. The van der Waals surface area contributed by atoms with Crippen LogP contribution in [-0.4, -0.2) is 17.1 Å². The number of hydrogen-bond donors (Lipinski definition) is 1. The molecule has 2 atom stereocenters. The van der Waals surface area contributed by atoms with Crippen LogP contribution in [0.1, 0.15) is 25.7 Å². The Labute approximate surface area is 117 Å². The lowest BCUT2D eigenvalue weighted by Gasteiger charge is -2.31. The van der Waals surface area contributed by atoms with Gasteiger partial charge in [-0.25, -0.2) is 0 Å². The van der Waals surface area contributed by atoms with Gasteiger partial charge in [0.05, 0.1) is 11.6 Å². The van der Waals surface area contributed by atoms with E-state index in [0.717, 1.165) is 12.1 Å². The van der Waals surface area contributed by atoms with Crippen molar-refractivity contribution in [2.45, 2.75) is 31.9 Å². The van der Waals surface area contributed by atoms with Crippen molar-refractivity contribution in [3.63, 3.8) is 0 Å². The zero-order valence-corrected chi connectivity index (χ0v) is 10.9. The Morgan fingerprint density at radius 1 is 1.19 bits per heavy atom. The van der Waals surface area contributed by atoms with E-state index in [0.29, 0.717) is 12.8 Å². The Morgan fingerprint density at radius 2 is 1.86 bits per heavy atom. The second-order valence-corrected chi connectivity index (χ2v) is 5.00. The number of rotatable bonds is 2. The number of nitrogens with one attached hydrogen (secondary N) is 1. The Morgan fingerprint density at radius 3 is 2.48 bits per heavy atom. The normalized spacial score (nSPS) is 22.9. The summed E-state index contributed by atoms with van der Waals surface area (Å²) < 4.78 is 64.7. The molecule has 0 spiro atoms. The van der Waals surface area contributed by atoms with Crippen LogP contribution in [0.4, 0.5) is 27.6 Å². The van der Waals surface area contributed by atoms with E-state index in [1.807, 2.05) is 0 Å². The molecule has 0 bridgehead atoms. The number of nitrogens with zero attached hydrogens (tertiary/aromatic N) is 1. The maximum Gasteiger partial charge on any atom is 0.392 e. The molecule has 1 heterocycles. The summed E-state index contributed by atoms with van der Waals surface area (Å²) >= 11 is 0. The Hall–Kier alpha value is -1.73. The quantitative estimate of drug-likeness (QED) is 0.669. The first kappa shape index (κ1) is 15.7. The van der Waals surface area contributed by atoms with E-state index in [1.54, 1.807) is 0 Å². The van der Waals surface area contributed by atoms with E-state index in [-0.39, 0.29) is 12.8 Å². The van der Waals surface area contributed by atoms with Gasteiger partial charge in [-0.15, -0.1) is 0 Å². The smallest absolute Gasteiger partial charge is 0.322 e. The number of pyridine rings is 1. The molecule has 1 N–H and O–H groups in total. The van der Waals surface area contributed by atoms with Gasteiger partial charge in [0, 0.05) is 5.92 Å². The highest BCUT2D eigenvalue weighted by molar-refractivity contribution is 5.92. The minimum Gasteiger partial charge on any atom is -0.322 e. The number of amides is 1. The third kappa shape index (κ3) is 3.68. The zero-order chi connectivity index (χ0) is 15.6. The number of alkyl halides is 3. The van der Waals surface area contributed by atoms with Crippen LogP contribution in [0.25, 0.3) is 0 Å². The molecule has 8 heteroatoms. The summed E-state index contributed by atoms with van der Waals surface area (Å²) in [4.78, 5) is 14.8. The average molecular weight is 308 g/mol. The molecule has 1 aromatic rings. The van der Waals surface area contributed by atoms with Crippen LogP contribution >= 0.6 is 0 Å². The van der Waals surface area contributed by atoms with E-state index in [9.17, 15) is 26.7 Å². The monoisotopic (exact) mass is 308 g/mol. The van der Waals surface area contributed by atoms with Crippen LogP contribution in [-0.2, 0) is 4.79 Å². The fourth-order valence-corrected chi connectivity index (χ4v) is 2.57. The van der Waals surface area contributed by atoms with Gasteiger partial charge in [-0.2, -0.15) is 26.9 Å². The summed E-state index contributed by atoms with van der Waals surface area (Å²) in [6, 6.07) is 1.75. The van der Waals surface area contributed by atoms with E-state index in [2.05, 4.69) is 10.3 Å². The molecule has 0 aliphatic heterocycles. The van der Waals surface area contributed by atoms with Crippen molar-refractivity contribution in [3.05, 3.63) is 24.0 Å². The maximum absolute atomic E-state index is 13.3. The molecule has 2 rings (SSSR count). The van der Waals surface area contributed by atoms with Crippen molar-refractivity contribution >= 4 is 11.6 Å². The Bertz CT molecular complexity index is 532. The Balaban J connectivity index is 2.14. The third-order valence-electron chi connectivity index (χ3n) is 3.60. The fraction of sp³-hybridized carbons (Fsp3) is 0.538. The van der Waals surface area contributed by atoms with Crippen molar-refractivity contribution in [1.29, 1.82) is 0 Å². The van der Waals surface area contributed by atoms with Crippen molar-refractivity contribution in [2.24, 2.45) is 11.8 Å². The van der Waals surface area contributed by atoms with Crippen molar-refractivity contribution in [1.82, 2.24) is 4.98 Å². The standard InChI is InChI=1S/C13H13F5N2O/c14-10-6-5-9(11(15)20-10)19-12(21)7-3-1-2-4-8(7)13(16,17)18/h5-8H,1-4H2,(H,19,21). The summed E-state index contributed by atoms with van der Waals surface area (Å²) in [5.41, 5.74) is -0.423. The lowest BCUT2D eigenvalue weighted by molar-refractivity contribution is -0.197. The van der Waals surface area contributed by atoms with Gasteiger partial charge < -0.3 is 5.32 Å². The van der Waals surface area contributed by atoms with Gasteiger partial charge in [0.25, 0.3) is 0 Å². The van der Waals surface area contributed by atoms with Crippen LogP contribution in [0.5, 0.6) is 0 Å². The predicted octanol–water partition coefficient (Wildman–Crippen LogP) is 3.67. The molecular formula is C13H13F5N2O. The minimum atomic E-state index is -4.47. The number of carbonyl (C=O) groups excluding carboxylic acids is 1. The molecule has 0 saturated heterocycles. The fourth-order valence-electron chi connectivity index (χ4n) is 2.57. The molecule has 1 amide bonds. The zero-order valence-electron chi connectivity index (χ0n) is 10.9.